The standard InChI is InChI=1S/C31H32ClN5O5S/c1-31(2,3)42-24-14-19(23(38)15-25(33)39)6-9-22(24)29-35-27(18-4-7-21(32)8-5-18)28(20-10-13-43-17-20)37(29)30(41)36-12-11-34-26(40)16-36/h4-10,13-14,17,27-28H,11-12,15-16H2,1-3H3,(H2,33,39)(H,34,40). The number of amidine groups is 1. The van der Waals surface area contributed by atoms with Crippen molar-refractivity contribution in [1.29, 1.82) is 0 Å². The zero-order chi connectivity index (χ0) is 30.9. The average Bonchev–Trinajstić information content (AvgIpc) is 3.60. The summed E-state index contributed by atoms with van der Waals surface area (Å²) in [5.74, 6) is -0.780. The predicted octanol–water partition coefficient (Wildman–Crippen LogP) is 4.73. The van der Waals surface area contributed by atoms with Crippen LogP contribution in [0, 0.1) is 0 Å². The van der Waals surface area contributed by atoms with E-state index in [1.54, 1.807) is 35.2 Å². The SMILES string of the molecule is CC(C)(C)Oc1cc(C(=O)CC(N)=O)ccc1C1=NC(c2ccc(Cl)cc2)C(c2ccsc2)N1C(=O)N1CCNC(=O)C1. The number of nitrogens with zero attached hydrogens (tertiary/aromatic N) is 3. The maximum absolute atomic E-state index is 14.4. The highest BCUT2D eigenvalue weighted by Gasteiger charge is 2.45. The van der Waals surface area contributed by atoms with Gasteiger partial charge in [-0.3, -0.25) is 24.3 Å². The first-order valence-electron chi connectivity index (χ1n) is 13.8. The molecule has 0 aliphatic carbocycles. The summed E-state index contributed by atoms with van der Waals surface area (Å²) in [5.41, 5.74) is 7.05. The number of primary amides is 1. The smallest absolute Gasteiger partial charge is 0.326 e. The second-order valence-electron chi connectivity index (χ2n) is 11.4. The maximum atomic E-state index is 14.4. The molecule has 1 aromatic heterocycles. The minimum atomic E-state index is -0.737. The Morgan fingerprint density at radius 2 is 1.86 bits per heavy atom. The Morgan fingerprint density at radius 3 is 2.49 bits per heavy atom. The zero-order valence-electron chi connectivity index (χ0n) is 24.0. The van der Waals surface area contributed by atoms with Crippen molar-refractivity contribution in [2.24, 2.45) is 10.7 Å². The summed E-state index contributed by atoms with van der Waals surface area (Å²) < 4.78 is 6.33. The Hall–Kier alpha value is -4.22. The van der Waals surface area contributed by atoms with Crippen molar-refractivity contribution in [2.75, 3.05) is 19.6 Å². The van der Waals surface area contributed by atoms with Crippen LogP contribution in [-0.2, 0) is 9.59 Å². The van der Waals surface area contributed by atoms with Crippen LogP contribution in [0.3, 0.4) is 0 Å². The van der Waals surface area contributed by atoms with Crippen LogP contribution in [-0.4, -0.2) is 64.5 Å². The van der Waals surface area contributed by atoms with E-state index in [4.69, 9.17) is 27.1 Å². The number of thiophene rings is 1. The number of carbonyl (C=O) groups excluding carboxylic acids is 4. The van der Waals surface area contributed by atoms with Crippen molar-refractivity contribution in [3.8, 4) is 5.75 Å². The van der Waals surface area contributed by atoms with E-state index in [0.717, 1.165) is 11.1 Å². The van der Waals surface area contributed by atoms with E-state index in [1.165, 1.54) is 16.2 Å². The van der Waals surface area contributed by atoms with E-state index >= 15 is 0 Å². The number of piperazine rings is 1. The molecular weight excluding hydrogens is 590 g/mol. The topological polar surface area (TPSA) is 134 Å². The number of halogens is 1. The lowest BCUT2D eigenvalue weighted by Gasteiger charge is -2.35. The number of rotatable bonds is 7. The lowest BCUT2D eigenvalue weighted by atomic mass is 9.95. The van der Waals surface area contributed by atoms with Crippen molar-refractivity contribution < 1.29 is 23.9 Å². The molecule has 12 heteroatoms. The summed E-state index contributed by atoms with van der Waals surface area (Å²) in [6, 6.07) is 12.7. The molecule has 5 rings (SSSR count). The first-order chi connectivity index (χ1) is 20.4. The van der Waals surface area contributed by atoms with Crippen LogP contribution in [0.25, 0.3) is 0 Å². The van der Waals surface area contributed by atoms with E-state index in [2.05, 4.69) is 5.32 Å². The number of amides is 4. The highest BCUT2D eigenvalue weighted by atomic mass is 35.5. The second kappa shape index (κ2) is 12.2. The molecule has 0 radical (unpaired) electrons. The van der Waals surface area contributed by atoms with Gasteiger partial charge in [-0.15, -0.1) is 0 Å². The van der Waals surface area contributed by atoms with Gasteiger partial charge in [0.2, 0.25) is 11.8 Å². The third-order valence-electron chi connectivity index (χ3n) is 6.97. The minimum absolute atomic E-state index is 0.0868. The summed E-state index contributed by atoms with van der Waals surface area (Å²) in [4.78, 5) is 59.2. The lowest BCUT2D eigenvalue weighted by Crippen LogP contribution is -2.55. The molecule has 2 unspecified atom stereocenters. The van der Waals surface area contributed by atoms with Gasteiger partial charge in [0.1, 0.15) is 29.8 Å². The van der Waals surface area contributed by atoms with E-state index in [0.29, 0.717) is 35.3 Å². The van der Waals surface area contributed by atoms with Gasteiger partial charge in [0.25, 0.3) is 0 Å². The number of Topliss-reactive ketones (excluding diaryl/α,β-unsaturated/α-hetero) is 1. The zero-order valence-corrected chi connectivity index (χ0v) is 25.6. The third-order valence-corrected chi connectivity index (χ3v) is 7.93. The Bertz CT molecular complexity index is 1580. The molecule has 10 nitrogen and oxygen atoms in total. The molecule has 0 bridgehead atoms. The lowest BCUT2D eigenvalue weighted by molar-refractivity contribution is -0.123. The van der Waals surface area contributed by atoms with Gasteiger partial charge in [-0.05, 0) is 73.0 Å². The average molecular weight is 622 g/mol. The number of ether oxygens (including phenoxy) is 1. The number of ketones is 1. The molecule has 3 N–H and O–H groups in total. The number of carbonyl (C=O) groups is 4. The highest BCUT2D eigenvalue weighted by Crippen LogP contribution is 2.46. The molecule has 224 valence electrons. The molecular formula is C31H32ClN5O5S. The van der Waals surface area contributed by atoms with E-state index in [1.807, 2.05) is 49.7 Å². The normalized spacial score (nSPS) is 18.7. The van der Waals surface area contributed by atoms with E-state index in [9.17, 15) is 19.2 Å². The van der Waals surface area contributed by atoms with Crippen LogP contribution >= 0.6 is 22.9 Å². The molecule has 0 saturated carbocycles. The summed E-state index contributed by atoms with van der Waals surface area (Å²) in [6.07, 6.45) is -0.449. The van der Waals surface area contributed by atoms with Gasteiger partial charge in [-0.2, -0.15) is 11.3 Å². The molecule has 2 aliphatic rings. The summed E-state index contributed by atoms with van der Waals surface area (Å²) in [7, 11) is 0. The first kappa shape index (κ1) is 30.2. The molecule has 0 spiro atoms. The number of nitrogens with two attached hydrogens (primary N) is 1. The Labute approximate surface area is 258 Å². The van der Waals surface area contributed by atoms with Gasteiger partial charge in [0, 0.05) is 23.7 Å². The Kier molecular flexibility index (Phi) is 8.57. The molecule has 4 amide bonds. The number of nitrogens with one attached hydrogen (secondary N) is 1. The number of aliphatic imine (C=N–C) groups is 1. The van der Waals surface area contributed by atoms with E-state index < -0.39 is 35.8 Å². The van der Waals surface area contributed by atoms with Crippen LogP contribution in [0.4, 0.5) is 4.79 Å². The molecule has 3 heterocycles. The quantitative estimate of drug-likeness (QED) is 0.290. The fraction of sp³-hybridized carbons (Fsp3) is 0.323. The summed E-state index contributed by atoms with van der Waals surface area (Å²) in [5, 5.41) is 7.26. The molecule has 1 fully saturated rings. The molecule has 1 saturated heterocycles. The van der Waals surface area contributed by atoms with Crippen molar-refractivity contribution in [3.05, 3.63) is 86.6 Å². The van der Waals surface area contributed by atoms with Crippen molar-refractivity contribution in [1.82, 2.24) is 15.1 Å². The highest BCUT2D eigenvalue weighted by molar-refractivity contribution is 7.08. The monoisotopic (exact) mass is 621 g/mol. The maximum Gasteiger partial charge on any atom is 0.326 e. The molecule has 43 heavy (non-hydrogen) atoms. The van der Waals surface area contributed by atoms with Crippen LogP contribution < -0.4 is 15.8 Å². The number of hydrogen-bond donors (Lipinski definition) is 2. The van der Waals surface area contributed by atoms with Gasteiger partial charge in [0.15, 0.2) is 5.78 Å². The number of urea groups is 1. The van der Waals surface area contributed by atoms with Crippen molar-refractivity contribution >= 4 is 52.4 Å². The van der Waals surface area contributed by atoms with Crippen LogP contribution in [0.15, 0.2) is 64.3 Å². The van der Waals surface area contributed by atoms with Crippen LogP contribution in [0.2, 0.25) is 5.02 Å². The summed E-state index contributed by atoms with van der Waals surface area (Å²) in [6.45, 7) is 6.18. The Morgan fingerprint density at radius 1 is 1.12 bits per heavy atom. The van der Waals surface area contributed by atoms with Crippen LogP contribution in [0.1, 0.15) is 66.3 Å². The molecule has 2 aliphatic heterocycles. The predicted molar refractivity (Wildman–Crippen MR) is 165 cm³/mol. The van der Waals surface area contributed by atoms with Crippen LogP contribution in [0.5, 0.6) is 5.75 Å². The van der Waals surface area contributed by atoms with E-state index in [-0.39, 0.29) is 24.0 Å². The summed E-state index contributed by atoms with van der Waals surface area (Å²) >= 11 is 7.72. The van der Waals surface area contributed by atoms with Gasteiger partial charge in [-0.1, -0.05) is 29.8 Å². The Balaban J connectivity index is 1.69. The first-order valence-corrected chi connectivity index (χ1v) is 15.1. The molecule has 2 aromatic carbocycles. The van der Waals surface area contributed by atoms with Crippen molar-refractivity contribution in [2.45, 2.75) is 44.9 Å². The third kappa shape index (κ3) is 6.73. The van der Waals surface area contributed by atoms with Gasteiger partial charge >= 0.3 is 6.03 Å². The van der Waals surface area contributed by atoms with Gasteiger partial charge < -0.3 is 20.7 Å². The number of hydrogen-bond acceptors (Lipinski definition) is 7. The fourth-order valence-electron chi connectivity index (χ4n) is 5.15. The number of benzene rings is 2. The largest absolute Gasteiger partial charge is 0.487 e. The second-order valence-corrected chi connectivity index (χ2v) is 12.6. The van der Waals surface area contributed by atoms with Gasteiger partial charge in [0.05, 0.1) is 18.0 Å². The molecule has 2 atom stereocenters. The minimum Gasteiger partial charge on any atom is -0.487 e. The van der Waals surface area contributed by atoms with Crippen molar-refractivity contribution in [3.63, 3.8) is 0 Å². The van der Waals surface area contributed by atoms with Gasteiger partial charge in [-0.25, -0.2) is 4.79 Å². The fourth-order valence-corrected chi connectivity index (χ4v) is 5.96. The molecule has 3 aromatic rings.